The largest absolute Gasteiger partial charge is 0.452 e. The van der Waals surface area contributed by atoms with Gasteiger partial charge in [-0.15, -0.1) is 0 Å². The monoisotopic (exact) mass is 519 g/mol. The van der Waals surface area contributed by atoms with Gasteiger partial charge in [-0.1, -0.05) is 27.7 Å². The second-order valence-electron chi connectivity index (χ2n) is 9.85. The van der Waals surface area contributed by atoms with E-state index >= 15 is 0 Å². The number of likely N-dealkylation sites (tertiary alicyclic amines) is 1. The molecule has 0 aromatic rings. The Morgan fingerprint density at radius 2 is 1.53 bits per heavy atom. The predicted molar refractivity (Wildman–Crippen MR) is 124 cm³/mol. The van der Waals surface area contributed by atoms with Crippen molar-refractivity contribution in [2.45, 2.75) is 71.8 Å². The van der Waals surface area contributed by atoms with Crippen molar-refractivity contribution in [2.24, 2.45) is 11.8 Å². The number of Topliss-reactive ketones (excluding diaryl/α,β-unsaturated/α-hetero) is 1. The molecule has 2 rings (SSSR count). The van der Waals surface area contributed by atoms with Crippen molar-refractivity contribution in [3.8, 4) is 0 Å². The number of hydrogen-bond acceptors (Lipinski definition) is 5. The van der Waals surface area contributed by atoms with Gasteiger partial charge >= 0.3 is 12.2 Å². The highest BCUT2D eigenvalue weighted by Gasteiger charge is 2.46. The average molecular weight is 520 g/mol. The Hall–Kier alpha value is -2.86. The molecule has 0 bridgehead atoms. The van der Waals surface area contributed by atoms with Gasteiger partial charge in [-0.2, -0.15) is 13.2 Å². The van der Waals surface area contributed by atoms with Crippen LogP contribution in [0.4, 0.5) is 18.0 Å². The fourth-order valence-corrected chi connectivity index (χ4v) is 4.42. The average Bonchev–Trinajstić information content (AvgIpc) is 3.41. The van der Waals surface area contributed by atoms with Gasteiger partial charge in [-0.3, -0.25) is 19.2 Å². The Bertz CT molecular complexity index is 864. The van der Waals surface area contributed by atoms with Crippen LogP contribution in [0.25, 0.3) is 0 Å². The third-order valence-electron chi connectivity index (χ3n) is 6.51. The molecule has 0 radical (unpaired) electrons. The van der Waals surface area contributed by atoms with E-state index in [1.54, 1.807) is 18.7 Å². The maximum absolute atomic E-state index is 13.3. The van der Waals surface area contributed by atoms with Crippen LogP contribution in [-0.4, -0.2) is 101 Å². The molecule has 2 aliphatic heterocycles. The summed E-state index contributed by atoms with van der Waals surface area (Å²) in [5.41, 5.74) is 0. The van der Waals surface area contributed by atoms with Gasteiger partial charge in [-0.05, 0) is 31.6 Å². The molecule has 0 saturated carbocycles. The van der Waals surface area contributed by atoms with Crippen molar-refractivity contribution in [1.29, 1.82) is 0 Å². The zero-order chi connectivity index (χ0) is 27.4. The molecule has 2 N–H and O–H groups in total. The molecule has 13 heteroatoms. The van der Waals surface area contributed by atoms with E-state index < -0.39 is 53.7 Å². The minimum absolute atomic E-state index is 0.186. The van der Waals surface area contributed by atoms with Crippen molar-refractivity contribution >= 4 is 29.5 Å². The SMILES string of the molecule is CCN1CCN(CC(=O)N[C@H](C(=O)N2CCC[C@H]2C(=O)N[C@H](C(=O)C(F)(F)F)C(C)C)C(C)C)C1=O. The number of halogens is 3. The first-order valence-electron chi connectivity index (χ1n) is 12.2. The highest BCUT2D eigenvalue weighted by atomic mass is 19.4. The van der Waals surface area contributed by atoms with E-state index in [-0.39, 0.29) is 31.5 Å². The van der Waals surface area contributed by atoms with Gasteiger partial charge < -0.3 is 25.3 Å². The van der Waals surface area contributed by atoms with Gasteiger partial charge in [0.05, 0.1) is 6.04 Å². The van der Waals surface area contributed by atoms with Gasteiger partial charge in [0.25, 0.3) is 5.78 Å². The van der Waals surface area contributed by atoms with E-state index in [4.69, 9.17) is 0 Å². The first-order valence-corrected chi connectivity index (χ1v) is 12.2. The number of ketones is 1. The second-order valence-corrected chi connectivity index (χ2v) is 9.85. The molecule has 2 fully saturated rings. The highest BCUT2D eigenvalue weighted by Crippen LogP contribution is 2.24. The van der Waals surface area contributed by atoms with E-state index in [0.717, 1.165) is 0 Å². The summed E-state index contributed by atoms with van der Waals surface area (Å²) in [6.45, 7) is 9.43. The van der Waals surface area contributed by atoms with Crippen LogP contribution in [0.5, 0.6) is 0 Å². The standard InChI is InChI=1S/C23H36F3N5O5/c1-6-29-10-11-30(22(29)36)12-16(32)27-18(14(4)5)21(35)31-9-7-8-15(31)20(34)28-17(13(2)3)19(33)23(24,25)26/h13-15,17-18H,6-12H2,1-5H3,(H,27,32)(H,28,34)/t15-,17-,18-/m0/s1. The maximum atomic E-state index is 13.3. The van der Waals surface area contributed by atoms with Crippen LogP contribution >= 0.6 is 0 Å². The van der Waals surface area contributed by atoms with Crippen LogP contribution < -0.4 is 10.6 Å². The van der Waals surface area contributed by atoms with Gasteiger partial charge in [0.2, 0.25) is 17.7 Å². The fourth-order valence-electron chi connectivity index (χ4n) is 4.42. The number of amides is 5. The summed E-state index contributed by atoms with van der Waals surface area (Å²) in [7, 11) is 0. The summed E-state index contributed by atoms with van der Waals surface area (Å²) < 4.78 is 39.0. The number of rotatable bonds is 10. The fraction of sp³-hybridized carbons (Fsp3) is 0.783. The van der Waals surface area contributed by atoms with E-state index in [2.05, 4.69) is 10.6 Å². The first kappa shape index (κ1) is 29.4. The Balaban J connectivity index is 2.09. The molecular formula is C23H36F3N5O5. The minimum atomic E-state index is -5.11. The van der Waals surface area contributed by atoms with Crippen LogP contribution in [0.3, 0.4) is 0 Å². The highest BCUT2D eigenvalue weighted by molar-refractivity contribution is 5.97. The number of carbonyl (C=O) groups is 5. The predicted octanol–water partition coefficient (Wildman–Crippen LogP) is 1.15. The third-order valence-corrected chi connectivity index (χ3v) is 6.51. The van der Waals surface area contributed by atoms with Crippen LogP contribution in [0.15, 0.2) is 0 Å². The van der Waals surface area contributed by atoms with E-state index in [1.165, 1.54) is 23.6 Å². The molecule has 2 saturated heterocycles. The minimum Gasteiger partial charge on any atom is -0.344 e. The lowest BCUT2D eigenvalue weighted by atomic mass is 9.98. The smallest absolute Gasteiger partial charge is 0.344 e. The summed E-state index contributed by atoms with van der Waals surface area (Å²) in [5, 5.41) is 4.84. The quantitative estimate of drug-likeness (QED) is 0.449. The summed E-state index contributed by atoms with van der Waals surface area (Å²) in [6, 6.07) is -4.08. The molecule has 10 nitrogen and oxygen atoms in total. The summed E-state index contributed by atoms with van der Waals surface area (Å²) >= 11 is 0. The van der Waals surface area contributed by atoms with E-state index in [1.807, 2.05) is 6.92 Å². The molecule has 0 spiro atoms. The number of urea groups is 1. The third kappa shape index (κ3) is 6.88. The van der Waals surface area contributed by atoms with Crippen LogP contribution in [0.2, 0.25) is 0 Å². The molecule has 0 aromatic heterocycles. The van der Waals surface area contributed by atoms with Crippen molar-refractivity contribution in [3.63, 3.8) is 0 Å². The van der Waals surface area contributed by atoms with Crippen molar-refractivity contribution in [3.05, 3.63) is 0 Å². The molecule has 36 heavy (non-hydrogen) atoms. The van der Waals surface area contributed by atoms with Gasteiger partial charge in [0.1, 0.15) is 18.6 Å². The van der Waals surface area contributed by atoms with Crippen LogP contribution in [-0.2, 0) is 19.2 Å². The topological polar surface area (TPSA) is 119 Å². The number of nitrogens with zero attached hydrogens (tertiary/aromatic N) is 3. The van der Waals surface area contributed by atoms with Gasteiger partial charge in [0.15, 0.2) is 0 Å². The molecule has 5 amide bonds. The van der Waals surface area contributed by atoms with Crippen LogP contribution in [0, 0.1) is 11.8 Å². The zero-order valence-corrected chi connectivity index (χ0v) is 21.4. The lowest BCUT2D eigenvalue weighted by Gasteiger charge is -2.32. The molecular weight excluding hydrogens is 483 g/mol. The molecule has 0 unspecified atom stereocenters. The van der Waals surface area contributed by atoms with Crippen molar-refractivity contribution < 1.29 is 37.1 Å². The Kier molecular flexibility index (Phi) is 9.72. The van der Waals surface area contributed by atoms with Crippen molar-refractivity contribution in [1.82, 2.24) is 25.3 Å². The second kappa shape index (κ2) is 11.9. The van der Waals surface area contributed by atoms with Gasteiger partial charge in [0, 0.05) is 26.2 Å². The van der Waals surface area contributed by atoms with E-state index in [9.17, 15) is 37.1 Å². The van der Waals surface area contributed by atoms with Crippen LogP contribution in [0.1, 0.15) is 47.5 Å². The molecule has 0 aromatic carbocycles. The first-order chi connectivity index (χ1) is 16.7. The number of carbonyl (C=O) groups excluding carboxylic acids is 5. The van der Waals surface area contributed by atoms with Crippen molar-refractivity contribution in [2.75, 3.05) is 32.7 Å². The molecule has 204 valence electrons. The normalized spacial score (nSPS) is 20.2. The van der Waals surface area contributed by atoms with Gasteiger partial charge in [-0.25, -0.2) is 4.79 Å². The number of alkyl halides is 3. The molecule has 0 aliphatic carbocycles. The Labute approximate surface area is 208 Å². The summed E-state index contributed by atoms with van der Waals surface area (Å²) in [4.78, 5) is 67.2. The lowest BCUT2D eigenvalue weighted by molar-refractivity contribution is -0.175. The summed E-state index contributed by atoms with van der Waals surface area (Å²) in [5.74, 6) is -5.12. The number of likely N-dealkylation sites (N-methyl/N-ethyl adjacent to an activating group) is 1. The Morgan fingerprint density at radius 3 is 2.03 bits per heavy atom. The zero-order valence-electron chi connectivity index (χ0n) is 21.4. The lowest BCUT2D eigenvalue weighted by Crippen LogP contribution is -2.58. The summed E-state index contributed by atoms with van der Waals surface area (Å²) in [6.07, 6.45) is -4.45. The molecule has 2 aliphatic rings. The number of hydrogen-bond donors (Lipinski definition) is 2. The number of nitrogens with one attached hydrogen (secondary N) is 2. The molecule has 3 atom stereocenters. The molecule has 2 heterocycles. The Morgan fingerprint density at radius 1 is 0.944 bits per heavy atom. The van der Waals surface area contributed by atoms with E-state index in [0.29, 0.717) is 26.1 Å². The maximum Gasteiger partial charge on any atom is 0.452 e.